The molecule has 0 aromatic heterocycles. The first kappa shape index (κ1) is 17.8. The number of amides is 2. The van der Waals surface area contributed by atoms with E-state index in [2.05, 4.69) is 5.32 Å². The largest absolute Gasteiger partial charge is 0.339 e. The quantitative estimate of drug-likeness (QED) is 0.883. The van der Waals surface area contributed by atoms with Crippen LogP contribution in [-0.2, 0) is 9.59 Å². The molecule has 3 fully saturated rings. The van der Waals surface area contributed by atoms with Gasteiger partial charge in [-0.15, -0.1) is 0 Å². The van der Waals surface area contributed by atoms with Crippen LogP contribution in [-0.4, -0.2) is 53.8 Å². The van der Waals surface area contributed by atoms with Crippen LogP contribution in [0.15, 0.2) is 24.3 Å². The van der Waals surface area contributed by atoms with E-state index in [-0.39, 0.29) is 23.8 Å². The van der Waals surface area contributed by atoms with Crippen molar-refractivity contribution < 1.29 is 9.59 Å². The smallest absolute Gasteiger partial charge is 0.228 e. The van der Waals surface area contributed by atoms with Crippen molar-refractivity contribution >= 4 is 23.4 Å². The second-order valence-electron chi connectivity index (χ2n) is 7.66. The van der Waals surface area contributed by atoms with Crippen molar-refractivity contribution in [2.45, 2.75) is 44.2 Å². The summed E-state index contributed by atoms with van der Waals surface area (Å²) in [5.41, 5.74) is 0.978. The van der Waals surface area contributed by atoms with Gasteiger partial charge in [0.1, 0.15) is 0 Å². The second-order valence-corrected chi connectivity index (χ2v) is 8.07. The average molecular weight is 376 g/mol. The first-order valence-electron chi connectivity index (χ1n) is 9.70. The van der Waals surface area contributed by atoms with Crippen LogP contribution >= 0.6 is 11.6 Å². The highest BCUT2D eigenvalue weighted by Crippen LogP contribution is 2.33. The Morgan fingerprint density at radius 3 is 2.73 bits per heavy atom. The molecule has 0 radical (unpaired) electrons. The molecule has 2 unspecified atom stereocenters. The van der Waals surface area contributed by atoms with Gasteiger partial charge >= 0.3 is 0 Å². The zero-order valence-corrected chi connectivity index (χ0v) is 15.8. The monoisotopic (exact) mass is 375 g/mol. The normalized spacial score (nSPS) is 27.3. The fraction of sp³-hybridized carbons (Fsp3) is 0.600. The minimum atomic E-state index is -0.216. The van der Waals surface area contributed by atoms with Crippen molar-refractivity contribution in [2.75, 3.05) is 26.2 Å². The Hall–Kier alpha value is -1.59. The molecule has 5 nitrogen and oxygen atoms in total. The van der Waals surface area contributed by atoms with Crippen molar-refractivity contribution in [1.82, 2.24) is 15.1 Å². The molecule has 0 bridgehead atoms. The van der Waals surface area contributed by atoms with Crippen LogP contribution in [0.1, 0.15) is 43.7 Å². The van der Waals surface area contributed by atoms with Gasteiger partial charge in [0.2, 0.25) is 11.8 Å². The molecule has 1 aromatic rings. The number of nitrogens with one attached hydrogen (secondary N) is 1. The summed E-state index contributed by atoms with van der Waals surface area (Å²) < 4.78 is 0. The van der Waals surface area contributed by atoms with Gasteiger partial charge in [0.25, 0.3) is 0 Å². The maximum Gasteiger partial charge on any atom is 0.228 e. The third-order valence-corrected chi connectivity index (χ3v) is 6.41. The summed E-state index contributed by atoms with van der Waals surface area (Å²) in [6.45, 7) is 2.71. The lowest BCUT2D eigenvalue weighted by Gasteiger charge is -2.38. The standard InChI is InChI=1S/C20H26ClN3O2/c21-17-8-4-3-7-16(17)18-12-22-9-10-23(18)20(26)14-11-19(25)24(13-14)15-5-1-2-6-15/h3-4,7-8,14-15,18,22H,1-2,5-6,9-13H2. The Kier molecular flexibility index (Phi) is 5.18. The number of hydrogen-bond donors (Lipinski definition) is 1. The number of likely N-dealkylation sites (tertiary alicyclic amines) is 1. The van der Waals surface area contributed by atoms with Crippen LogP contribution in [0.5, 0.6) is 0 Å². The first-order chi connectivity index (χ1) is 12.6. The summed E-state index contributed by atoms with van der Waals surface area (Å²) in [7, 11) is 0. The van der Waals surface area contributed by atoms with Gasteiger partial charge in [0.15, 0.2) is 0 Å². The van der Waals surface area contributed by atoms with Gasteiger partial charge in [-0.25, -0.2) is 0 Å². The topological polar surface area (TPSA) is 52.7 Å². The molecule has 26 heavy (non-hydrogen) atoms. The average Bonchev–Trinajstić information content (AvgIpc) is 3.31. The van der Waals surface area contributed by atoms with E-state index in [0.29, 0.717) is 37.1 Å². The Balaban J connectivity index is 1.51. The van der Waals surface area contributed by atoms with Crippen LogP contribution in [0, 0.1) is 5.92 Å². The van der Waals surface area contributed by atoms with Gasteiger partial charge in [0.05, 0.1) is 12.0 Å². The van der Waals surface area contributed by atoms with Gasteiger partial charge in [-0.1, -0.05) is 42.6 Å². The number of nitrogens with zero attached hydrogens (tertiary/aromatic N) is 2. The predicted molar refractivity (Wildman–Crippen MR) is 101 cm³/mol. The lowest BCUT2D eigenvalue weighted by Crippen LogP contribution is -2.51. The molecule has 1 aliphatic carbocycles. The molecule has 1 aromatic carbocycles. The minimum absolute atomic E-state index is 0.0689. The minimum Gasteiger partial charge on any atom is -0.339 e. The van der Waals surface area contributed by atoms with Crippen LogP contribution in [0.4, 0.5) is 0 Å². The molecule has 2 atom stereocenters. The van der Waals surface area contributed by atoms with Crippen molar-refractivity contribution in [3.8, 4) is 0 Å². The van der Waals surface area contributed by atoms with E-state index in [9.17, 15) is 9.59 Å². The van der Waals surface area contributed by atoms with E-state index in [1.165, 1.54) is 12.8 Å². The molecular weight excluding hydrogens is 350 g/mol. The molecule has 4 rings (SSSR count). The van der Waals surface area contributed by atoms with Gasteiger partial charge in [-0.2, -0.15) is 0 Å². The molecule has 2 aliphatic heterocycles. The highest BCUT2D eigenvalue weighted by molar-refractivity contribution is 6.31. The van der Waals surface area contributed by atoms with Gasteiger partial charge in [0, 0.05) is 43.7 Å². The Bertz CT molecular complexity index is 689. The molecule has 2 amide bonds. The summed E-state index contributed by atoms with van der Waals surface area (Å²) in [6, 6.07) is 8.01. The first-order valence-corrected chi connectivity index (χ1v) is 10.1. The van der Waals surface area contributed by atoms with Gasteiger partial charge in [-0.3, -0.25) is 9.59 Å². The molecule has 2 saturated heterocycles. The molecule has 6 heteroatoms. The van der Waals surface area contributed by atoms with Crippen LogP contribution in [0.3, 0.4) is 0 Å². The fourth-order valence-corrected chi connectivity index (χ4v) is 4.95. The highest BCUT2D eigenvalue weighted by Gasteiger charge is 2.42. The molecule has 140 valence electrons. The zero-order chi connectivity index (χ0) is 18.1. The second kappa shape index (κ2) is 7.57. The van der Waals surface area contributed by atoms with Crippen LogP contribution < -0.4 is 5.32 Å². The van der Waals surface area contributed by atoms with Gasteiger partial charge in [-0.05, 0) is 24.5 Å². The summed E-state index contributed by atoms with van der Waals surface area (Å²) in [5, 5.41) is 4.06. The lowest BCUT2D eigenvalue weighted by atomic mass is 9.99. The molecule has 3 aliphatic rings. The van der Waals surface area contributed by atoms with Crippen molar-refractivity contribution in [3.63, 3.8) is 0 Å². The fourth-order valence-electron chi connectivity index (χ4n) is 4.69. The Morgan fingerprint density at radius 2 is 1.96 bits per heavy atom. The zero-order valence-electron chi connectivity index (χ0n) is 15.0. The highest BCUT2D eigenvalue weighted by atomic mass is 35.5. The van der Waals surface area contributed by atoms with E-state index in [1.54, 1.807) is 0 Å². The predicted octanol–water partition coefficient (Wildman–Crippen LogP) is 2.60. The lowest BCUT2D eigenvalue weighted by molar-refractivity contribution is -0.139. The molecule has 1 N–H and O–H groups in total. The number of benzene rings is 1. The van der Waals surface area contributed by atoms with Gasteiger partial charge < -0.3 is 15.1 Å². The summed E-state index contributed by atoms with van der Waals surface area (Å²) in [5.74, 6) is 0.0381. The van der Waals surface area contributed by atoms with Crippen LogP contribution in [0.2, 0.25) is 5.02 Å². The maximum absolute atomic E-state index is 13.3. The maximum atomic E-state index is 13.3. The number of carbonyl (C=O) groups excluding carboxylic acids is 2. The van der Waals surface area contributed by atoms with Crippen molar-refractivity contribution in [3.05, 3.63) is 34.9 Å². The Morgan fingerprint density at radius 1 is 1.19 bits per heavy atom. The number of piperazine rings is 1. The van der Waals surface area contributed by atoms with E-state index in [1.807, 2.05) is 34.1 Å². The van der Waals surface area contributed by atoms with E-state index >= 15 is 0 Å². The molecule has 2 heterocycles. The van der Waals surface area contributed by atoms with Crippen LogP contribution in [0.25, 0.3) is 0 Å². The summed E-state index contributed by atoms with van der Waals surface area (Å²) in [4.78, 5) is 29.7. The van der Waals surface area contributed by atoms with E-state index in [4.69, 9.17) is 11.6 Å². The van der Waals surface area contributed by atoms with E-state index < -0.39 is 0 Å². The number of rotatable bonds is 3. The Labute approximate surface area is 159 Å². The molecular formula is C20H26ClN3O2. The number of carbonyl (C=O) groups is 2. The number of hydrogen-bond acceptors (Lipinski definition) is 3. The molecule has 1 saturated carbocycles. The SMILES string of the molecule is O=C1CC(C(=O)N2CCNCC2c2ccccc2Cl)CN1C1CCCC1. The molecule has 0 spiro atoms. The van der Waals surface area contributed by atoms with E-state index in [0.717, 1.165) is 24.9 Å². The van der Waals surface area contributed by atoms with Crippen molar-refractivity contribution in [2.24, 2.45) is 5.92 Å². The van der Waals surface area contributed by atoms with Crippen molar-refractivity contribution in [1.29, 1.82) is 0 Å². The third kappa shape index (κ3) is 3.35. The third-order valence-electron chi connectivity index (χ3n) is 6.06. The summed E-state index contributed by atoms with van der Waals surface area (Å²) >= 11 is 6.39. The summed E-state index contributed by atoms with van der Waals surface area (Å²) in [6.07, 6.45) is 4.92. The number of halogens is 1.